The van der Waals surface area contributed by atoms with Crippen molar-refractivity contribution >= 4 is 37.7 Å². The molecule has 0 aliphatic carbocycles. The molecule has 0 saturated heterocycles. The number of fused-ring (bicyclic) bond motifs is 1. The van der Waals surface area contributed by atoms with Gasteiger partial charge in [0.15, 0.2) is 4.83 Å². The first-order valence-electron chi connectivity index (χ1n) is 7.53. The molecule has 3 aromatic rings. The van der Waals surface area contributed by atoms with Crippen LogP contribution in [0.1, 0.15) is 35.8 Å². The van der Waals surface area contributed by atoms with Gasteiger partial charge in [0, 0.05) is 0 Å². The Morgan fingerprint density at radius 3 is 2.61 bits per heavy atom. The van der Waals surface area contributed by atoms with Crippen molar-refractivity contribution in [3.8, 4) is 0 Å². The summed E-state index contributed by atoms with van der Waals surface area (Å²) in [6.45, 7) is 6.60. The zero-order valence-electron chi connectivity index (χ0n) is 13.3. The van der Waals surface area contributed by atoms with Gasteiger partial charge in [0.2, 0.25) is 0 Å². The molecule has 6 heteroatoms. The van der Waals surface area contributed by atoms with E-state index in [0.717, 1.165) is 21.9 Å². The predicted molar refractivity (Wildman–Crippen MR) is 98.5 cm³/mol. The maximum Gasteiger partial charge on any atom is 0.264 e. The summed E-state index contributed by atoms with van der Waals surface area (Å²) in [5.74, 6) is 1.10. The number of hydrogen-bond acceptors (Lipinski definition) is 4. The van der Waals surface area contributed by atoms with Gasteiger partial charge in [-0.15, -0.1) is 0 Å². The Bertz CT molecular complexity index is 886. The zero-order chi connectivity index (χ0) is 16.6. The zero-order valence-corrected chi connectivity index (χ0v) is 15.7. The van der Waals surface area contributed by atoms with Crippen molar-refractivity contribution in [2.75, 3.05) is 0 Å². The van der Waals surface area contributed by atoms with Crippen molar-refractivity contribution in [3.63, 3.8) is 0 Å². The van der Waals surface area contributed by atoms with Gasteiger partial charge in [-0.2, -0.15) is 4.37 Å². The number of rotatable bonds is 4. The minimum atomic E-state index is -0.00907. The number of halogens is 1. The highest BCUT2D eigenvalue weighted by Crippen LogP contribution is 2.30. The molecular formula is C17H18BrN3OS. The first-order chi connectivity index (χ1) is 11.0. The van der Waals surface area contributed by atoms with Crippen LogP contribution in [0.25, 0.3) is 10.2 Å². The standard InChI is InChI=1S/C17H18BrN3OS/c1-10(2)14(18)15-19-16-13(11(3)20-23-16)17(22)21(15)9-12-7-5-4-6-8-12/h4-8,10,14H,9H2,1-3H3/t14-/m0/s1. The highest BCUT2D eigenvalue weighted by atomic mass is 79.9. The lowest BCUT2D eigenvalue weighted by molar-refractivity contribution is 0.569. The molecule has 3 rings (SSSR count). The van der Waals surface area contributed by atoms with Crippen molar-refractivity contribution < 1.29 is 0 Å². The minimum Gasteiger partial charge on any atom is -0.291 e. The minimum absolute atomic E-state index is 0.00907. The summed E-state index contributed by atoms with van der Waals surface area (Å²) in [6.07, 6.45) is 0. The van der Waals surface area contributed by atoms with E-state index in [1.54, 1.807) is 4.57 Å². The van der Waals surface area contributed by atoms with Crippen LogP contribution in [0.2, 0.25) is 0 Å². The average Bonchev–Trinajstić information content (AvgIpc) is 2.91. The molecule has 23 heavy (non-hydrogen) atoms. The van der Waals surface area contributed by atoms with Gasteiger partial charge in [-0.1, -0.05) is 60.1 Å². The Morgan fingerprint density at radius 2 is 1.96 bits per heavy atom. The molecule has 0 bridgehead atoms. The highest BCUT2D eigenvalue weighted by molar-refractivity contribution is 9.09. The maximum atomic E-state index is 13.0. The Morgan fingerprint density at radius 1 is 1.26 bits per heavy atom. The molecule has 1 atom stereocenters. The first kappa shape index (κ1) is 16.3. The third-order valence-corrected chi connectivity index (χ3v) is 6.11. The van der Waals surface area contributed by atoms with Crippen LogP contribution in [-0.4, -0.2) is 13.9 Å². The molecule has 0 radical (unpaired) electrons. The van der Waals surface area contributed by atoms with E-state index in [9.17, 15) is 4.79 Å². The SMILES string of the molecule is Cc1nsc2nc([C@@H](Br)C(C)C)n(Cc3ccccc3)c(=O)c12. The van der Waals surface area contributed by atoms with Gasteiger partial charge in [-0.25, -0.2) is 4.98 Å². The molecule has 2 heterocycles. The van der Waals surface area contributed by atoms with Crippen molar-refractivity contribution in [1.82, 2.24) is 13.9 Å². The van der Waals surface area contributed by atoms with Crippen molar-refractivity contribution in [2.45, 2.75) is 32.1 Å². The largest absolute Gasteiger partial charge is 0.291 e. The molecule has 0 saturated carbocycles. The molecule has 0 fully saturated rings. The molecule has 0 aliphatic heterocycles. The molecule has 0 spiro atoms. The number of benzene rings is 1. The Balaban J connectivity index is 2.23. The van der Waals surface area contributed by atoms with Gasteiger partial charge < -0.3 is 0 Å². The van der Waals surface area contributed by atoms with Crippen LogP contribution in [0.15, 0.2) is 35.1 Å². The quantitative estimate of drug-likeness (QED) is 0.622. The number of alkyl halides is 1. The number of nitrogens with zero attached hydrogens (tertiary/aromatic N) is 3. The average molecular weight is 392 g/mol. The molecule has 0 amide bonds. The van der Waals surface area contributed by atoms with E-state index in [1.807, 2.05) is 37.3 Å². The van der Waals surface area contributed by atoms with Crippen LogP contribution in [0.5, 0.6) is 0 Å². The molecule has 2 aromatic heterocycles. The molecule has 0 N–H and O–H groups in total. The van der Waals surface area contributed by atoms with Gasteiger partial charge >= 0.3 is 0 Å². The molecule has 0 aliphatic rings. The first-order valence-corrected chi connectivity index (χ1v) is 9.22. The normalized spacial score (nSPS) is 12.9. The van der Waals surface area contributed by atoms with Gasteiger partial charge in [0.1, 0.15) is 5.82 Å². The smallest absolute Gasteiger partial charge is 0.264 e. The van der Waals surface area contributed by atoms with Crippen molar-refractivity contribution in [1.29, 1.82) is 0 Å². The predicted octanol–water partition coefficient (Wildman–Crippen LogP) is 4.30. The lowest BCUT2D eigenvalue weighted by Gasteiger charge is -2.19. The van der Waals surface area contributed by atoms with Crippen LogP contribution in [-0.2, 0) is 6.54 Å². The van der Waals surface area contributed by atoms with Gasteiger partial charge in [0.05, 0.1) is 22.5 Å². The molecule has 0 unspecified atom stereocenters. The summed E-state index contributed by atoms with van der Waals surface area (Å²) in [5, 5.41) is 0.637. The summed E-state index contributed by atoms with van der Waals surface area (Å²) >= 11 is 4.99. The number of aromatic nitrogens is 3. The van der Waals surface area contributed by atoms with Crippen molar-refractivity contribution in [2.24, 2.45) is 5.92 Å². The summed E-state index contributed by atoms with van der Waals surface area (Å²) in [7, 11) is 0. The Labute approximate surface area is 147 Å². The summed E-state index contributed by atoms with van der Waals surface area (Å²) in [6, 6.07) is 9.99. The highest BCUT2D eigenvalue weighted by Gasteiger charge is 2.22. The lowest BCUT2D eigenvalue weighted by Crippen LogP contribution is -2.27. The molecule has 1 aromatic carbocycles. The monoisotopic (exact) mass is 391 g/mol. The van der Waals surface area contributed by atoms with E-state index in [2.05, 4.69) is 34.2 Å². The van der Waals surface area contributed by atoms with Crippen LogP contribution in [0.4, 0.5) is 0 Å². The van der Waals surface area contributed by atoms with Crippen LogP contribution < -0.4 is 5.56 Å². The van der Waals surface area contributed by atoms with E-state index < -0.39 is 0 Å². The fraction of sp³-hybridized carbons (Fsp3) is 0.353. The fourth-order valence-electron chi connectivity index (χ4n) is 2.51. The van der Waals surface area contributed by atoms with Gasteiger partial charge in [0.25, 0.3) is 5.56 Å². The summed E-state index contributed by atoms with van der Waals surface area (Å²) in [5.41, 5.74) is 1.83. The van der Waals surface area contributed by atoms with E-state index in [-0.39, 0.29) is 10.4 Å². The third kappa shape index (κ3) is 3.10. The topological polar surface area (TPSA) is 47.8 Å². The molecule has 120 valence electrons. The summed E-state index contributed by atoms with van der Waals surface area (Å²) in [4.78, 5) is 18.5. The lowest BCUT2D eigenvalue weighted by atomic mass is 10.1. The Kier molecular flexibility index (Phi) is 4.64. The van der Waals surface area contributed by atoms with E-state index >= 15 is 0 Å². The number of aryl methyl sites for hydroxylation is 1. The second-order valence-electron chi connectivity index (χ2n) is 5.94. The van der Waals surface area contributed by atoms with Crippen molar-refractivity contribution in [3.05, 3.63) is 57.8 Å². The van der Waals surface area contributed by atoms with E-state index in [4.69, 9.17) is 4.98 Å². The van der Waals surface area contributed by atoms with Crippen LogP contribution in [0.3, 0.4) is 0 Å². The van der Waals surface area contributed by atoms with E-state index in [1.165, 1.54) is 11.5 Å². The Hall–Kier alpha value is -1.53. The summed E-state index contributed by atoms with van der Waals surface area (Å²) < 4.78 is 6.08. The van der Waals surface area contributed by atoms with Crippen LogP contribution in [0, 0.1) is 12.8 Å². The maximum absolute atomic E-state index is 13.0. The van der Waals surface area contributed by atoms with Crippen LogP contribution >= 0.6 is 27.5 Å². The second-order valence-corrected chi connectivity index (χ2v) is 7.68. The number of hydrogen-bond donors (Lipinski definition) is 0. The molecular weight excluding hydrogens is 374 g/mol. The third-order valence-electron chi connectivity index (χ3n) is 3.81. The van der Waals surface area contributed by atoms with Gasteiger partial charge in [-0.3, -0.25) is 9.36 Å². The fourth-order valence-corrected chi connectivity index (χ4v) is 3.64. The van der Waals surface area contributed by atoms with E-state index in [0.29, 0.717) is 17.8 Å². The molecule has 4 nitrogen and oxygen atoms in total. The van der Waals surface area contributed by atoms with Gasteiger partial charge in [-0.05, 0) is 29.9 Å². The second kappa shape index (κ2) is 6.53.